The third-order valence-corrected chi connectivity index (χ3v) is 4.53. The van der Waals surface area contributed by atoms with Crippen LogP contribution in [0.5, 0.6) is 0 Å². The van der Waals surface area contributed by atoms with Crippen molar-refractivity contribution in [3.63, 3.8) is 0 Å². The molecule has 0 fully saturated rings. The maximum absolute atomic E-state index is 12.3. The van der Waals surface area contributed by atoms with Crippen molar-refractivity contribution in [1.29, 1.82) is 0 Å². The lowest BCUT2D eigenvalue weighted by Gasteiger charge is -2.26. The van der Waals surface area contributed by atoms with Crippen molar-refractivity contribution in [3.05, 3.63) is 15.0 Å². The molecule has 0 N–H and O–H groups in total. The summed E-state index contributed by atoms with van der Waals surface area (Å²) in [5.74, 6) is -0.126. The summed E-state index contributed by atoms with van der Waals surface area (Å²) >= 11 is 2.14. The molecule has 0 aromatic carbocycles. The average Bonchev–Trinajstić information content (AvgIpc) is 2.61. The smallest absolute Gasteiger partial charge is 0.410 e. The average molecular weight is 434 g/mol. The van der Waals surface area contributed by atoms with E-state index in [4.69, 9.17) is 4.74 Å². The zero-order chi connectivity index (χ0) is 17.4. The first kappa shape index (κ1) is 18.0. The summed E-state index contributed by atoms with van der Waals surface area (Å²) in [5, 5.41) is 4.44. The van der Waals surface area contributed by atoms with Gasteiger partial charge < -0.3 is 14.5 Å². The molecule has 0 spiro atoms. The molecule has 0 bridgehead atoms. The molecule has 1 aliphatic rings. The number of aromatic nitrogens is 2. The van der Waals surface area contributed by atoms with Crippen LogP contribution in [0.25, 0.3) is 0 Å². The molecule has 1 aromatic heterocycles. The topological polar surface area (TPSA) is 67.7 Å². The SMILES string of the molecule is CN(C)C(=O)c1nn2c(c1I)CN(C(=O)OC(C)(C)C)CCC2. The van der Waals surface area contributed by atoms with E-state index in [0.29, 0.717) is 25.3 Å². The van der Waals surface area contributed by atoms with Gasteiger partial charge in [0.1, 0.15) is 5.60 Å². The van der Waals surface area contributed by atoms with Crippen LogP contribution in [0.15, 0.2) is 0 Å². The summed E-state index contributed by atoms with van der Waals surface area (Å²) in [6.45, 7) is 7.26. The maximum atomic E-state index is 12.3. The van der Waals surface area contributed by atoms with E-state index < -0.39 is 5.60 Å². The standard InChI is InChI=1S/C15H23IN4O3/c1-15(2,3)23-14(22)19-7-6-8-20-10(9-19)11(16)12(17-20)13(21)18(4)5/h6-9H2,1-5H3. The maximum Gasteiger partial charge on any atom is 0.410 e. The van der Waals surface area contributed by atoms with E-state index in [9.17, 15) is 9.59 Å². The lowest BCUT2D eigenvalue weighted by atomic mass is 10.2. The van der Waals surface area contributed by atoms with E-state index in [2.05, 4.69) is 27.7 Å². The zero-order valence-electron chi connectivity index (χ0n) is 14.2. The highest BCUT2D eigenvalue weighted by Crippen LogP contribution is 2.23. The molecule has 7 nitrogen and oxygen atoms in total. The second-order valence-electron chi connectivity index (χ2n) is 6.79. The molecule has 2 amide bonds. The van der Waals surface area contributed by atoms with Crippen LogP contribution in [-0.2, 0) is 17.8 Å². The first-order valence-corrected chi connectivity index (χ1v) is 8.63. The largest absolute Gasteiger partial charge is 0.444 e. The Labute approximate surface area is 150 Å². The fraction of sp³-hybridized carbons (Fsp3) is 0.667. The highest BCUT2D eigenvalue weighted by molar-refractivity contribution is 14.1. The molecule has 0 saturated carbocycles. The molecular weight excluding hydrogens is 411 g/mol. The Morgan fingerprint density at radius 3 is 2.48 bits per heavy atom. The van der Waals surface area contributed by atoms with Crippen molar-refractivity contribution in [1.82, 2.24) is 19.6 Å². The number of rotatable bonds is 1. The summed E-state index contributed by atoms with van der Waals surface area (Å²) in [5.41, 5.74) is 0.804. The summed E-state index contributed by atoms with van der Waals surface area (Å²) in [7, 11) is 3.41. The number of nitrogens with zero attached hydrogens (tertiary/aromatic N) is 4. The Morgan fingerprint density at radius 1 is 1.26 bits per heavy atom. The van der Waals surface area contributed by atoms with Crippen LogP contribution in [0.2, 0.25) is 0 Å². The molecule has 0 unspecified atom stereocenters. The normalized spacial score (nSPS) is 15.0. The third-order valence-electron chi connectivity index (χ3n) is 3.39. The van der Waals surface area contributed by atoms with Gasteiger partial charge in [0.2, 0.25) is 0 Å². The molecule has 23 heavy (non-hydrogen) atoms. The van der Waals surface area contributed by atoms with Gasteiger partial charge in [0.15, 0.2) is 5.69 Å². The Balaban J connectivity index is 2.26. The second-order valence-corrected chi connectivity index (χ2v) is 7.87. The van der Waals surface area contributed by atoms with Gasteiger partial charge in [-0.15, -0.1) is 0 Å². The number of hydrogen-bond donors (Lipinski definition) is 0. The molecule has 128 valence electrons. The number of carbonyl (C=O) groups is 2. The fourth-order valence-corrected chi connectivity index (χ4v) is 3.10. The Kier molecular flexibility index (Phi) is 5.22. The minimum absolute atomic E-state index is 0.126. The van der Waals surface area contributed by atoms with Gasteiger partial charge in [-0.1, -0.05) is 0 Å². The molecule has 0 aliphatic carbocycles. The number of amides is 2. The minimum Gasteiger partial charge on any atom is -0.444 e. The number of hydrogen-bond acceptors (Lipinski definition) is 4. The Bertz CT molecular complexity index is 619. The summed E-state index contributed by atoms with van der Waals surface area (Å²) in [4.78, 5) is 27.7. The molecular formula is C15H23IN4O3. The monoisotopic (exact) mass is 434 g/mol. The molecule has 0 radical (unpaired) electrons. The first-order chi connectivity index (χ1) is 10.6. The van der Waals surface area contributed by atoms with Crippen molar-refractivity contribution >= 4 is 34.6 Å². The van der Waals surface area contributed by atoms with Gasteiger partial charge >= 0.3 is 6.09 Å². The number of fused-ring (bicyclic) bond motifs is 1. The van der Waals surface area contributed by atoms with Crippen LogP contribution in [0.3, 0.4) is 0 Å². The fourth-order valence-electron chi connectivity index (χ4n) is 2.31. The predicted octanol–water partition coefficient (Wildman–Crippen LogP) is 2.33. The van der Waals surface area contributed by atoms with Crippen molar-refractivity contribution in [2.45, 2.75) is 45.9 Å². The number of aryl methyl sites for hydroxylation is 1. The van der Waals surface area contributed by atoms with Crippen LogP contribution in [0.4, 0.5) is 4.79 Å². The van der Waals surface area contributed by atoms with Crippen LogP contribution in [0, 0.1) is 3.57 Å². The Hall–Kier alpha value is -1.32. The van der Waals surface area contributed by atoms with Crippen molar-refractivity contribution in [2.75, 3.05) is 20.6 Å². The van der Waals surface area contributed by atoms with Gasteiger partial charge in [0.25, 0.3) is 5.91 Å². The van der Waals surface area contributed by atoms with Crippen molar-refractivity contribution in [2.24, 2.45) is 0 Å². The van der Waals surface area contributed by atoms with E-state index in [0.717, 1.165) is 15.7 Å². The summed E-state index contributed by atoms with van der Waals surface area (Å²) < 4.78 is 8.10. The van der Waals surface area contributed by atoms with Crippen LogP contribution in [-0.4, -0.2) is 57.8 Å². The van der Waals surface area contributed by atoms with Crippen LogP contribution < -0.4 is 0 Å². The van der Waals surface area contributed by atoms with Gasteiger partial charge in [0, 0.05) is 27.2 Å². The number of halogens is 1. The van der Waals surface area contributed by atoms with E-state index in [1.54, 1.807) is 19.0 Å². The molecule has 0 saturated heterocycles. The zero-order valence-corrected chi connectivity index (χ0v) is 16.4. The molecule has 2 heterocycles. The summed E-state index contributed by atoms with van der Waals surface area (Å²) in [6.07, 6.45) is 0.447. The van der Waals surface area contributed by atoms with E-state index in [1.165, 1.54) is 4.90 Å². The summed E-state index contributed by atoms with van der Waals surface area (Å²) in [6, 6.07) is 0. The van der Waals surface area contributed by atoms with Crippen molar-refractivity contribution < 1.29 is 14.3 Å². The van der Waals surface area contributed by atoms with Gasteiger partial charge in [0.05, 0.1) is 15.8 Å². The number of ether oxygens (including phenoxy) is 1. The van der Waals surface area contributed by atoms with Gasteiger partial charge in [-0.3, -0.25) is 9.48 Å². The highest BCUT2D eigenvalue weighted by Gasteiger charge is 2.29. The van der Waals surface area contributed by atoms with Gasteiger partial charge in [-0.25, -0.2) is 4.79 Å². The van der Waals surface area contributed by atoms with Gasteiger partial charge in [-0.05, 0) is 49.8 Å². The molecule has 1 aliphatic heterocycles. The molecule has 8 heteroatoms. The minimum atomic E-state index is -0.525. The quantitative estimate of drug-likeness (QED) is 0.637. The van der Waals surface area contributed by atoms with Crippen LogP contribution in [0.1, 0.15) is 43.4 Å². The van der Waals surface area contributed by atoms with Crippen LogP contribution >= 0.6 is 22.6 Å². The second kappa shape index (κ2) is 6.66. The predicted molar refractivity (Wildman–Crippen MR) is 94.2 cm³/mol. The van der Waals surface area contributed by atoms with E-state index >= 15 is 0 Å². The van der Waals surface area contributed by atoms with E-state index in [1.807, 2.05) is 25.5 Å². The van der Waals surface area contributed by atoms with E-state index in [-0.39, 0.29) is 12.0 Å². The van der Waals surface area contributed by atoms with Crippen molar-refractivity contribution in [3.8, 4) is 0 Å². The lowest BCUT2D eigenvalue weighted by molar-refractivity contribution is 0.0236. The molecule has 2 rings (SSSR count). The highest BCUT2D eigenvalue weighted by atomic mass is 127. The third kappa shape index (κ3) is 4.15. The molecule has 0 atom stereocenters. The lowest BCUT2D eigenvalue weighted by Crippen LogP contribution is -2.36. The Morgan fingerprint density at radius 2 is 1.91 bits per heavy atom. The van der Waals surface area contributed by atoms with Gasteiger partial charge in [-0.2, -0.15) is 5.10 Å². The first-order valence-electron chi connectivity index (χ1n) is 7.55. The molecule has 1 aromatic rings. The number of carbonyl (C=O) groups excluding carboxylic acids is 2.